The lowest BCUT2D eigenvalue weighted by Crippen LogP contribution is -2.61. The van der Waals surface area contributed by atoms with Gasteiger partial charge >= 0.3 is 6.85 Å². The van der Waals surface area contributed by atoms with Gasteiger partial charge in [0.2, 0.25) is 0 Å². The van der Waals surface area contributed by atoms with Crippen LogP contribution < -0.4 is 25.5 Å². The van der Waals surface area contributed by atoms with Crippen molar-refractivity contribution >= 4 is 63.3 Å². The molecular formula is C70H54BN3. The number of fused-ring (bicyclic) bond motifs is 4. The van der Waals surface area contributed by atoms with Crippen LogP contribution in [0.4, 0.5) is 45.5 Å². The molecule has 4 heteroatoms. The third kappa shape index (κ3) is 7.79. The monoisotopic (exact) mass is 947 g/mol. The van der Waals surface area contributed by atoms with Gasteiger partial charge in [-0.15, -0.1) is 0 Å². The molecule has 0 atom stereocenters. The van der Waals surface area contributed by atoms with Crippen molar-refractivity contribution < 1.29 is 0 Å². The second-order valence-corrected chi connectivity index (χ2v) is 20.0. The van der Waals surface area contributed by atoms with E-state index in [1.54, 1.807) is 0 Å². The highest BCUT2D eigenvalue weighted by Crippen LogP contribution is 2.51. The Morgan fingerprint density at radius 1 is 0.324 bits per heavy atom. The van der Waals surface area contributed by atoms with Crippen molar-refractivity contribution in [2.75, 3.05) is 14.6 Å². The molecule has 74 heavy (non-hydrogen) atoms. The number of hydrogen-bond acceptors (Lipinski definition) is 3. The summed E-state index contributed by atoms with van der Waals surface area (Å²) in [5.74, 6) is 0. The van der Waals surface area contributed by atoms with E-state index in [2.05, 4.69) is 297 Å². The molecule has 0 amide bonds. The summed E-state index contributed by atoms with van der Waals surface area (Å²) in [6, 6.07) is 94.2. The van der Waals surface area contributed by atoms with E-state index in [1.165, 1.54) is 100 Å². The number of anilines is 8. The first-order valence-electron chi connectivity index (χ1n) is 25.8. The van der Waals surface area contributed by atoms with Gasteiger partial charge < -0.3 is 14.6 Å². The van der Waals surface area contributed by atoms with E-state index in [1.807, 2.05) is 0 Å². The number of rotatable bonds is 9. The van der Waals surface area contributed by atoms with Crippen LogP contribution in [0.25, 0.3) is 55.6 Å². The molecule has 2 aliphatic heterocycles. The number of hydrogen-bond donors (Lipinski definition) is 0. The number of nitrogens with zero attached hydrogens (tertiary/aromatic N) is 3. The molecule has 2 heterocycles. The van der Waals surface area contributed by atoms with Crippen LogP contribution in [0.15, 0.2) is 255 Å². The molecule has 3 nitrogen and oxygen atoms in total. The van der Waals surface area contributed by atoms with Gasteiger partial charge in [-0.1, -0.05) is 169 Å². The lowest BCUT2D eigenvalue weighted by Gasteiger charge is -2.46. The van der Waals surface area contributed by atoms with E-state index in [0.717, 1.165) is 34.1 Å². The van der Waals surface area contributed by atoms with Gasteiger partial charge in [-0.3, -0.25) is 0 Å². The molecule has 2 aliphatic rings. The zero-order chi connectivity index (χ0) is 49.9. The first-order chi connectivity index (χ1) is 36.4. The molecule has 0 N–H and O–H groups in total. The fourth-order valence-electron chi connectivity index (χ4n) is 12.0. The van der Waals surface area contributed by atoms with Crippen molar-refractivity contribution in [1.29, 1.82) is 0 Å². The summed E-state index contributed by atoms with van der Waals surface area (Å²) in [5.41, 5.74) is 28.7. The molecule has 0 spiro atoms. The molecule has 0 bridgehead atoms. The van der Waals surface area contributed by atoms with E-state index in [9.17, 15) is 0 Å². The van der Waals surface area contributed by atoms with Crippen LogP contribution in [0.2, 0.25) is 0 Å². The average molecular weight is 948 g/mol. The minimum atomic E-state index is -0.223. The highest BCUT2D eigenvalue weighted by Gasteiger charge is 2.46. The van der Waals surface area contributed by atoms with Gasteiger partial charge in [-0.2, -0.15) is 0 Å². The smallest absolute Gasteiger partial charge is 0.333 e. The van der Waals surface area contributed by atoms with E-state index in [0.29, 0.717) is 0 Å². The number of benzene rings is 11. The fourth-order valence-corrected chi connectivity index (χ4v) is 12.0. The molecular weight excluding hydrogens is 894 g/mol. The highest BCUT2D eigenvalue weighted by atomic mass is 15.2. The Labute approximate surface area is 436 Å². The van der Waals surface area contributed by atoms with E-state index in [-0.39, 0.29) is 6.85 Å². The molecule has 352 valence electrons. The summed E-state index contributed by atoms with van der Waals surface area (Å²) in [6.07, 6.45) is 0. The quantitative estimate of drug-likeness (QED) is 0.134. The summed E-state index contributed by atoms with van der Waals surface area (Å²) in [7, 11) is 0. The third-order valence-electron chi connectivity index (χ3n) is 15.2. The minimum Gasteiger partial charge on any atom is -0.376 e. The Balaban J connectivity index is 1.15. The van der Waals surface area contributed by atoms with Gasteiger partial charge in [0.1, 0.15) is 0 Å². The van der Waals surface area contributed by atoms with E-state index < -0.39 is 0 Å². The largest absolute Gasteiger partial charge is 0.376 e. The summed E-state index contributed by atoms with van der Waals surface area (Å²) in [5, 5.41) is 0. The van der Waals surface area contributed by atoms with Gasteiger partial charge in [-0.05, 0) is 196 Å². The highest BCUT2D eigenvalue weighted by molar-refractivity contribution is 6.93. The Hall–Kier alpha value is -9.12. The second kappa shape index (κ2) is 18.5. The van der Waals surface area contributed by atoms with Gasteiger partial charge in [0.15, 0.2) is 0 Å². The van der Waals surface area contributed by atoms with Crippen LogP contribution in [0.1, 0.15) is 22.3 Å². The number of aryl methyl sites for hydroxylation is 4. The maximum absolute atomic E-state index is 2.64. The SMILES string of the molecule is Cc1cc(C)c(-c2cc3c4c(c2)N(c2ccc(-c5ccccc5)cc2C)c2ccc(N(c5ccccc5)c5ccccc5)cc2B4N(c2cccc(-c4ccccc4)c2)c2ccc(-c4ccccc4)cc2-3)c(C)c1. The Bertz CT molecular complexity index is 3830. The predicted octanol–water partition coefficient (Wildman–Crippen LogP) is 17.8. The van der Waals surface area contributed by atoms with Crippen LogP contribution in [0, 0.1) is 27.7 Å². The average Bonchev–Trinajstić information content (AvgIpc) is 3.45. The first kappa shape index (κ1) is 44.8. The summed E-state index contributed by atoms with van der Waals surface area (Å²) >= 11 is 0. The third-order valence-corrected chi connectivity index (χ3v) is 15.2. The van der Waals surface area contributed by atoms with Crippen molar-refractivity contribution in [3.05, 3.63) is 277 Å². The van der Waals surface area contributed by atoms with E-state index in [4.69, 9.17) is 0 Å². The van der Waals surface area contributed by atoms with E-state index >= 15 is 0 Å². The van der Waals surface area contributed by atoms with Crippen LogP contribution in [-0.4, -0.2) is 6.85 Å². The van der Waals surface area contributed by atoms with Crippen molar-refractivity contribution in [3.63, 3.8) is 0 Å². The standard InChI is InChI=1S/C70H54BN3/c1-47-39-49(3)69(50(4)40-47)57-44-63-62-43-56(53-25-14-7-15-26-53)34-37-66(62)74(61-32-20-27-54(42-61)51-21-10-5-11-22-51)71-64-46-60(72(58-28-16-8-17-29-58)59-30-18-9-19-31-59)35-38-67(64)73(68(45-57)70(63)71)65-36-33-55(41-48(65)2)52-23-12-6-13-24-52/h5-46H,1-4H3. The lowest BCUT2D eigenvalue weighted by atomic mass is 9.43. The predicted molar refractivity (Wildman–Crippen MR) is 316 cm³/mol. The summed E-state index contributed by atoms with van der Waals surface area (Å²) < 4.78 is 0. The Kier molecular flexibility index (Phi) is 11.2. The zero-order valence-electron chi connectivity index (χ0n) is 42.2. The Morgan fingerprint density at radius 3 is 1.41 bits per heavy atom. The molecule has 0 unspecified atom stereocenters. The molecule has 0 radical (unpaired) electrons. The van der Waals surface area contributed by atoms with Crippen molar-refractivity contribution in [2.24, 2.45) is 0 Å². The van der Waals surface area contributed by atoms with Crippen LogP contribution in [0.3, 0.4) is 0 Å². The molecule has 13 rings (SSSR count). The fraction of sp³-hybridized carbons (Fsp3) is 0.0571. The van der Waals surface area contributed by atoms with Crippen LogP contribution >= 0.6 is 0 Å². The molecule has 0 aromatic heterocycles. The topological polar surface area (TPSA) is 9.72 Å². The molecule has 0 fully saturated rings. The summed E-state index contributed by atoms with van der Waals surface area (Å²) in [4.78, 5) is 7.63. The second-order valence-electron chi connectivity index (χ2n) is 20.0. The molecule has 11 aromatic rings. The van der Waals surface area contributed by atoms with Gasteiger partial charge in [0, 0.05) is 51.1 Å². The van der Waals surface area contributed by atoms with Crippen molar-refractivity contribution in [3.8, 4) is 55.6 Å². The van der Waals surface area contributed by atoms with Gasteiger partial charge in [0.05, 0.1) is 0 Å². The molecule has 11 aromatic carbocycles. The maximum atomic E-state index is 2.64. The van der Waals surface area contributed by atoms with Crippen molar-refractivity contribution in [1.82, 2.24) is 0 Å². The Morgan fingerprint density at radius 2 is 0.824 bits per heavy atom. The normalized spacial score (nSPS) is 12.2. The van der Waals surface area contributed by atoms with Crippen LogP contribution in [0.5, 0.6) is 0 Å². The lowest BCUT2D eigenvalue weighted by molar-refractivity contribution is 1.23. The maximum Gasteiger partial charge on any atom is 0.333 e. The van der Waals surface area contributed by atoms with Gasteiger partial charge in [0.25, 0.3) is 0 Å². The molecule has 0 aliphatic carbocycles. The first-order valence-corrected chi connectivity index (χ1v) is 25.8. The molecule has 0 saturated carbocycles. The molecule has 0 saturated heterocycles. The summed E-state index contributed by atoms with van der Waals surface area (Å²) in [6.45, 7) is 8.82. The van der Waals surface area contributed by atoms with Crippen molar-refractivity contribution in [2.45, 2.75) is 27.7 Å². The van der Waals surface area contributed by atoms with Crippen LogP contribution in [-0.2, 0) is 0 Å². The number of para-hydroxylation sites is 2. The van der Waals surface area contributed by atoms with Gasteiger partial charge in [-0.25, -0.2) is 0 Å². The minimum absolute atomic E-state index is 0.223. The zero-order valence-corrected chi connectivity index (χ0v) is 42.2.